The third kappa shape index (κ3) is 4.38. The lowest BCUT2D eigenvalue weighted by molar-refractivity contribution is 0.0458. The Balaban J connectivity index is 2.24. The molecular formula is C17H22ClN3O4S. The number of halogens is 1. The van der Waals surface area contributed by atoms with Gasteiger partial charge in [0.25, 0.3) is 10.0 Å². The van der Waals surface area contributed by atoms with Crippen LogP contribution in [0.2, 0.25) is 5.02 Å². The molecular weight excluding hydrogens is 378 g/mol. The molecule has 0 atom stereocenters. The van der Waals surface area contributed by atoms with E-state index in [1.165, 1.54) is 36.5 Å². The van der Waals surface area contributed by atoms with Crippen molar-refractivity contribution >= 4 is 33.3 Å². The number of carbonyl (C=O) groups is 1. The van der Waals surface area contributed by atoms with Crippen LogP contribution < -0.4 is 5.73 Å². The molecule has 0 bridgehead atoms. The first-order valence-electron chi connectivity index (χ1n) is 8.18. The van der Waals surface area contributed by atoms with Crippen LogP contribution in [0.15, 0.2) is 41.4 Å². The average molecular weight is 400 g/mol. The maximum absolute atomic E-state index is 12.9. The van der Waals surface area contributed by atoms with Crippen molar-refractivity contribution in [2.45, 2.75) is 18.7 Å². The standard InChI is InChI=1S/C17H22ClN3O4S/c1-3-20(4-2)10-11-25-17(22)15-6-5-9-21(15)26(23,24)16-12-13(18)7-8-14(16)19/h5-9,12H,3-4,10-11,19H2,1-2H3. The topological polar surface area (TPSA) is 94.6 Å². The van der Waals surface area contributed by atoms with Crippen LogP contribution in [-0.2, 0) is 14.8 Å². The number of nitrogens with zero attached hydrogens (tertiary/aromatic N) is 2. The van der Waals surface area contributed by atoms with Crippen molar-refractivity contribution in [3.63, 3.8) is 0 Å². The van der Waals surface area contributed by atoms with Crippen molar-refractivity contribution in [1.29, 1.82) is 0 Å². The Labute approximate surface area is 158 Å². The predicted octanol–water partition coefficient (Wildman–Crippen LogP) is 2.46. The van der Waals surface area contributed by atoms with Crippen LogP contribution in [0.1, 0.15) is 24.3 Å². The van der Waals surface area contributed by atoms with Crippen LogP contribution in [-0.4, -0.2) is 49.5 Å². The van der Waals surface area contributed by atoms with Gasteiger partial charge in [-0.05, 0) is 43.4 Å². The first kappa shape index (κ1) is 20.3. The second-order valence-corrected chi connectivity index (χ2v) is 7.76. The molecule has 0 amide bonds. The molecule has 1 aromatic carbocycles. The Bertz CT molecular complexity index is 876. The summed E-state index contributed by atoms with van der Waals surface area (Å²) in [5, 5.41) is 0.230. The maximum Gasteiger partial charge on any atom is 0.356 e. The number of ether oxygens (including phenoxy) is 1. The summed E-state index contributed by atoms with van der Waals surface area (Å²) < 4.78 is 31.8. The van der Waals surface area contributed by atoms with Gasteiger partial charge in [-0.3, -0.25) is 0 Å². The molecule has 2 aromatic rings. The molecule has 0 unspecified atom stereocenters. The smallest absolute Gasteiger partial charge is 0.356 e. The number of rotatable bonds is 8. The minimum Gasteiger partial charge on any atom is -0.460 e. The van der Waals surface area contributed by atoms with Crippen LogP contribution in [0.25, 0.3) is 0 Å². The number of benzene rings is 1. The zero-order chi connectivity index (χ0) is 19.3. The van der Waals surface area contributed by atoms with Gasteiger partial charge in [-0.25, -0.2) is 17.2 Å². The Kier molecular flexibility index (Phi) is 6.69. The number of likely N-dealkylation sites (N-methyl/N-ethyl adjacent to an activating group) is 1. The summed E-state index contributed by atoms with van der Waals surface area (Å²) >= 11 is 5.89. The Hall–Kier alpha value is -2.03. The molecule has 2 N–H and O–H groups in total. The van der Waals surface area contributed by atoms with Crippen LogP contribution in [0.4, 0.5) is 5.69 Å². The van der Waals surface area contributed by atoms with Gasteiger partial charge in [0.05, 0.1) is 5.69 Å². The summed E-state index contributed by atoms with van der Waals surface area (Å²) in [5.74, 6) is -0.716. The van der Waals surface area contributed by atoms with Gasteiger partial charge in [0, 0.05) is 17.8 Å². The van der Waals surface area contributed by atoms with Gasteiger partial charge in [-0.1, -0.05) is 25.4 Å². The van der Waals surface area contributed by atoms with E-state index in [0.717, 1.165) is 17.1 Å². The molecule has 0 saturated carbocycles. The molecule has 0 aliphatic rings. The minimum atomic E-state index is -4.08. The first-order chi connectivity index (χ1) is 12.3. The van der Waals surface area contributed by atoms with Gasteiger partial charge in [-0.15, -0.1) is 0 Å². The summed E-state index contributed by atoms with van der Waals surface area (Å²) in [7, 11) is -4.08. The van der Waals surface area contributed by atoms with E-state index in [2.05, 4.69) is 4.90 Å². The van der Waals surface area contributed by atoms with E-state index in [0.29, 0.717) is 6.54 Å². The van der Waals surface area contributed by atoms with Gasteiger partial charge in [-0.2, -0.15) is 0 Å². The number of hydrogen-bond donors (Lipinski definition) is 1. The van der Waals surface area contributed by atoms with E-state index in [1.54, 1.807) is 0 Å². The highest BCUT2D eigenvalue weighted by Gasteiger charge is 2.25. The quantitative estimate of drug-likeness (QED) is 0.541. The number of nitrogen functional groups attached to an aromatic ring is 1. The van der Waals surface area contributed by atoms with Crippen molar-refractivity contribution in [3.8, 4) is 0 Å². The second-order valence-electron chi connectivity index (χ2n) is 5.54. The summed E-state index contributed by atoms with van der Waals surface area (Å²) in [4.78, 5) is 14.3. The highest BCUT2D eigenvalue weighted by molar-refractivity contribution is 7.90. The molecule has 26 heavy (non-hydrogen) atoms. The molecule has 0 aliphatic carbocycles. The summed E-state index contributed by atoms with van der Waals surface area (Å²) in [6.07, 6.45) is 1.27. The zero-order valence-electron chi connectivity index (χ0n) is 14.7. The Morgan fingerprint density at radius 1 is 1.27 bits per heavy atom. The van der Waals surface area contributed by atoms with E-state index < -0.39 is 16.0 Å². The van der Waals surface area contributed by atoms with E-state index in [4.69, 9.17) is 22.1 Å². The molecule has 1 heterocycles. The average Bonchev–Trinajstić information content (AvgIpc) is 3.11. The van der Waals surface area contributed by atoms with E-state index in [1.807, 2.05) is 13.8 Å². The Morgan fingerprint density at radius 3 is 2.62 bits per heavy atom. The number of anilines is 1. The fraction of sp³-hybridized carbons (Fsp3) is 0.353. The third-order valence-electron chi connectivity index (χ3n) is 3.97. The first-order valence-corrected chi connectivity index (χ1v) is 10.0. The Morgan fingerprint density at radius 2 is 1.96 bits per heavy atom. The van der Waals surface area contributed by atoms with E-state index >= 15 is 0 Å². The zero-order valence-corrected chi connectivity index (χ0v) is 16.3. The lowest BCUT2D eigenvalue weighted by atomic mass is 10.3. The third-order valence-corrected chi connectivity index (χ3v) is 5.95. The molecule has 142 valence electrons. The number of nitrogens with two attached hydrogens (primary N) is 1. The fourth-order valence-electron chi connectivity index (χ4n) is 2.45. The molecule has 7 nitrogen and oxygen atoms in total. The van der Waals surface area contributed by atoms with Crippen LogP contribution in [0.5, 0.6) is 0 Å². The van der Waals surface area contributed by atoms with Gasteiger partial charge in [0.1, 0.15) is 17.2 Å². The largest absolute Gasteiger partial charge is 0.460 e. The number of esters is 1. The lowest BCUT2D eigenvalue weighted by Crippen LogP contribution is -2.28. The van der Waals surface area contributed by atoms with Crippen LogP contribution >= 0.6 is 11.6 Å². The lowest BCUT2D eigenvalue weighted by Gasteiger charge is -2.17. The molecule has 0 aliphatic heterocycles. The summed E-state index contributed by atoms with van der Waals surface area (Å²) in [6.45, 7) is 6.45. The normalized spacial score (nSPS) is 11.7. The molecule has 0 fully saturated rings. The monoisotopic (exact) mass is 399 g/mol. The SMILES string of the molecule is CCN(CC)CCOC(=O)c1cccn1S(=O)(=O)c1cc(Cl)ccc1N. The van der Waals surface area contributed by atoms with Crippen molar-refractivity contribution in [2.75, 3.05) is 32.0 Å². The van der Waals surface area contributed by atoms with Crippen molar-refractivity contribution in [1.82, 2.24) is 8.87 Å². The van der Waals surface area contributed by atoms with Crippen LogP contribution in [0, 0.1) is 0 Å². The van der Waals surface area contributed by atoms with Crippen molar-refractivity contribution in [2.24, 2.45) is 0 Å². The second kappa shape index (κ2) is 8.57. The van der Waals surface area contributed by atoms with Gasteiger partial charge < -0.3 is 15.4 Å². The predicted molar refractivity (Wildman–Crippen MR) is 101 cm³/mol. The van der Waals surface area contributed by atoms with Crippen LogP contribution in [0.3, 0.4) is 0 Å². The highest BCUT2D eigenvalue weighted by atomic mass is 35.5. The summed E-state index contributed by atoms with van der Waals surface area (Å²) in [5.41, 5.74) is 5.73. The van der Waals surface area contributed by atoms with E-state index in [9.17, 15) is 13.2 Å². The molecule has 9 heteroatoms. The molecule has 1 aromatic heterocycles. The highest BCUT2D eigenvalue weighted by Crippen LogP contribution is 2.26. The molecule has 2 rings (SSSR count). The van der Waals surface area contributed by atoms with Crippen molar-refractivity contribution in [3.05, 3.63) is 47.2 Å². The number of aromatic nitrogens is 1. The van der Waals surface area contributed by atoms with Gasteiger partial charge >= 0.3 is 5.97 Å². The van der Waals surface area contributed by atoms with Gasteiger partial charge in [0.2, 0.25) is 0 Å². The minimum absolute atomic E-state index is 0.0453. The molecule has 0 radical (unpaired) electrons. The van der Waals surface area contributed by atoms with Crippen molar-refractivity contribution < 1.29 is 17.9 Å². The van der Waals surface area contributed by atoms with E-state index in [-0.39, 0.29) is 27.9 Å². The fourth-order valence-corrected chi connectivity index (χ4v) is 4.17. The number of carbonyl (C=O) groups excluding carboxylic acids is 1. The maximum atomic E-state index is 12.9. The molecule has 0 spiro atoms. The molecule has 0 saturated heterocycles. The number of hydrogen-bond acceptors (Lipinski definition) is 6. The van der Waals surface area contributed by atoms with Gasteiger partial charge in [0.15, 0.2) is 0 Å². The summed E-state index contributed by atoms with van der Waals surface area (Å²) in [6, 6.07) is 6.99.